The Morgan fingerprint density at radius 1 is 1.09 bits per heavy atom. The molecule has 4 heteroatoms. The predicted octanol–water partition coefficient (Wildman–Crippen LogP) is -0.808. The van der Waals surface area contributed by atoms with E-state index >= 15 is 0 Å². The number of aliphatic hydroxyl groups is 2. The molecule has 0 saturated carbocycles. The van der Waals surface area contributed by atoms with Gasteiger partial charge in [0.2, 0.25) is 6.54 Å². The lowest BCUT2D eigenvalue weighted by molar-refractivity contribution is 0.166. The molecular weight excluding hydrogens is 144 g/mol. The zero-order valence-electron chi connectivity index (χ0n) is 6.53. The van der Waals surface area contributed by atoms with Crippen LogP contribution in [0, 0.1) is 6.57 Å². The highest BCUT2D eigenvalue weighted by Gasteiger charge is 2.03. The van der Waals surface area contributed by atoms with Gasteiger partial charge in [-0.25, -0.2) is 6.57 Å². The van der Waals surface area contributed by atoms with Crippen LogP contribution in [0.1, 0.15) is 0 Å². The normalized spacial score (nSPS) is 10.0. The fraction of sp³-hybridized carbons (Fsp3) is 0.857. The van der Waals surface area contributed by atoms with Crippen LogP contribution in [0.15, 0.2) is 0 Å². The average Bonchev–Trinajstić information content (AvgIpc) is 2.01. The molecule has 0 radical (unpaired) electrons. The highest BCUT2D eigenvalue weighted by Crippen LogP contribution is 1.86. The van der Waals surface area contributed by atoms with Crippen molar-refractivity contribution in [1.82, 2.24) is 4.90 Å². The Balaban J connectivity index is 3.44. The van der Waals surface area contributed by atoms with Crippen molar-refractivity contribution in [3.63, 3.8) is 0 Å². The maximum atomic E-state index is 8.56. The molecule has 0 aromatic rings. The van der Waals surface area contributed by atoms with Crippen LogP contribution in [0.5, 0.6) is 0 Å². The van der Waals surface area contributed by atoms with E-state index in [4.69, 9.17) is 16.8 Å². The van der Waals surface area contributed by atoms with Crippen LogP contribution in [-0.2, 0) is 0 Å². The van der Waals surface area contributed by atoms with Gasteiger partial charge in [0.1, 0.15) is 0 Å². The van der Waals surface area contributed by atoms with Gasteiger partial charge in [-0.05, 0) is 0 Å². The van der Waals surface area contributed by atoms with E-state index in [9.17, 15) is 0 Å². The van der Waals surface area contributed by atoms with Gasteiger partial charge < -0.3 is 15.1 Å². The van der Waals surface area contributed by atoms with E-state index in [0.717, 1.165) is 0 Å². The largest absolute Gasteiger partial charge is 0.395 e. The summed E-state index contributed by atoms with van der Waals surface area (Å²) >= 11 is 0. The van der Waals surface area contributed by atoms with Crippen molar-refractivity contribution in [2.75, 3.05) is 39.4 Å². The number of hydrogen-bond acceptors (Lipinski definition) is 3. The van der Waals surface area contributed by atoms with Gasteiger partial charge in [-0.1, -0.05) is 0 Å². The number of aliphatic hydroxyl groups excluding tert-OH is 2. The summed E-state index contributed by atoms with van der Waals surface area (Å²) in [5.74, 6) is 0. The highest BCUT2D eigenvalue weighted by atomic mass is 16.3. The van der Waals surface area contributed by atoms with Crippen molar-refractivity contribution in [3.8, 4) is 0 Å². The van der Waals surface area contributed by atoms with Crippen LogP contribution >= 0.6 is 0 Å². The molecule has 0 heterocycles. The van der Waals surface area contributed by atoms with E-state index in [0.29, 0.717) is 26.2 Å². The van der Waals surface area contributed by atoms with Crippen LogP contribution in [0.2, 0.25) is 0 Å². The molecule has 0 amide bonds. The van der Waals surface area contributed by atoms with Gasteiger partial charge >= 0.3 is 0 Å². The maximum Gasteiger partial charge on any atom is 0.227 e. The van der Waals surface area contributed by atoms with Crippen molar-refractivity contribution in [1.29, 1.82) is 0 Å². The lowest BCUT2D eigenvalue weighted by Gasteiger charge is -2.16. The first-order valence-corrected chi connectivity index (χ1v) is 3.62. The molecule has 0 aromatic carbocycles. The monoisotopic (exact) mass is 158 g/mol. The van der Waals surface area contributed by atoms with Gasteiger partial charge in [0.05, 0.1) is 19.8 Å². The van der Waals surface area contributed by atoms with Crippen molar-refractivity contribution < 1.29 is 10.2 Å². The van der Waals surface area contributed by atoms with E-state index in [-0.39, 0.29) is 13.2 Å². The topological polar surface area (TPSA) is 48.1 Å². The zero-order chi connectivity index (χ0) is 8.53. The first-order chi connectivity index (χ1) is 5.35. The van der Waals surface area contributed by atoms with Crippen LogP contribution in [0.4, 0.5) is 0 Å². The van der Waals surface area contributed by atoms with Crippen LogP contribution in [0.25, 0.3) is 4.85 Å². The van der Waals surface area contributed by atoms with Gasteiger partial charge in [-0.2, -0.15) is 0 Å². The van der Waals surface area contributed by atoms with Crippen LogP contribution < -0.4 is 0 Å². The minimum absolute atomic E-state index is 0.0813. The van der Waals surface area contributed by atoms with Gasteiger partial charge in [0, 0.05) is 13.1 Å². The lowest BCUT2D eigenvalue weighted by Crippen LogP contribution is -2.31. The third-order valence-electron chi connectivity index (χ3n) is 1.36. The quantitative estimate of drug-likeness (QED) is 0.497. The van der Waals surface area contributed by atoms with Crippen LogP contribution in [-0.4, -0.2) is 54.5 Å². The molecule has 0 rings (SSSR count). The lowest BCUT2D eigenvalue weighted by atomic mass is 10.4. The minimum atomic E-state index is 0.0813. The number of rotatable bonds is 6. The number of nitrogens with zero attached hydrogens (tertiary/aromatic N) is 2. The Morgan fingerprint density at radius 2 is 1.64 bits per heavy atom. The molecule has 0 fully saturated rings. The summed E-state index contributed by atoms with van der Waals surface area (Å²) in [7, 11) is 0. The van der Waals surface area contributed by atoms with E-state index in [1.807, 2.05) is 4.90 Å². The van der Waals surface area contributed by atoms with Gasteiger partial charge in [0.15, 0.2) is 0 Å². The predicted molar refractivity (Wildman–Crippen MR) is 42.1 cm³/mol. The summed E-state index contributed by atoms with van der Waals surface area (Å²) < 4.78 is 0. The fourth-order valence-electron chi connectivity index (χ4n) is 0.810. The molecule has 2 N–H and O–H groups in total. The molecule has 0 unspecified atom stereocenters. The highest BCUT2D eigenvalue weighted by molar-refractivity contribution is 4.65. The molecule has 0 aliphatic rings. The van der Waals surface area contributed by atoms with Gasteiger partial charge in [-0.15, -0.1) is 0 Å². The fourth-order valence-corrected chi connectivity index (χ4v) is 0.810. The molecule has 11 heavy (non-hydrogen) atoms. The summed E-state index contributed by atoms with van der Waals surface area (Å²) in [4.78, 5) is 5.04. The van der Waals surface area contributed by atoms with Crippen molar-refractivity contribution in [2.24, 2.45) is 0 Å². The van der Waals surface area contributed by atoms with Crippen molar-refractivity contribution in [3.05, 3.63) is 11.4 Å². The third-order valence-corrected chi connectivity index (χ3v) is 1.36. The number of hydrogen-bond donors (Lipinski definition) is 2. The standard InChI is InChI=1S/C7H14N2O2/c1-8-2-3-9(4-6-10)5-7-11/h10-11H,2-7H2. The SMILES string of the molecule is [C-]#[N+]CCN(CCO)CCO. The van der Waals surface area contributed by atoms with Gasteiger partial charge in [-0.3, -0.25) is 4.90 Å². The first-order valence-electron chi connectivity index (χ1n) is 3.62. The Kier molecular flexibility index (Phi) is 7.05. The molecule has 0 atom stereocenters. The van der Waals surface area contributed by atoms with Crippen molar-refractivity contribution >= 4 is 0 Å². The van der Waals surface area contributed by atoms with E-state index < -0.39 is 0 Å². The molecule has 64 valence electrons. The Labute approximate surface area is 66.9 Å². The van der Waals surface area contributed by atoms with Crippen molar-refractivity contribution in [2.45, 2.75) is 0 Å². The first kappa shape index (κ1) is 10.4. The molecule has 0 bridgehead atoms. The van der Waals surface area contributed by atoms with E-state index in [2.05, 4.69) is 4.85 Å². The van der Waals surface area contributed by atoms with E-state index in [1.165, 1.54) is 0 Å². The summed E-state index contributed by atoms with van der Waals surface area (Å²) in [6.07, 6.45) is 0. The third kappa shape index (κ3) is 5.80. The average molecular weight is 158 g/mol. The summed E-state index contributed by atoms with van der Waals surface area (Å²) in [5.41, 5.74) is 0. The van der Waals surface area contributed by atoms with E-state index in [1.54, 1.807) is 0 Å². The smallest absolute Gasteiger partial charge is 0.227 e. The maximum absolute atomic E-state index is 8.56. The molecule has 0 aliphatic carbocycles. The molecule has 0 aliphatic heterocycles. The molecule has 0 saturated heterocycles. The summed E-state index contributed by atoms with van der Waals surface area (Å²) in [6, 6.07) is 0. The summed E-state index contributed by atoms with van der Waals surface area (Å²) in [5, 5.41) is 17.1. The van der Waals surface area contributed by atoms with Gasteiger partial charge in [0.25, 0.3) is 0 Å². The Hall–Kier alpha value is -0.630. The second-order valence-electron chi connectivity index (χ2n) is 2.17. The second kappa shape index (κ2) is 7.48. The molecule has 4 nitrogen and oxygen atoms in total. The zero-order valence-corrected chi connectivity index (χ0v) is 6.53. The van der Waals surface area contributed by atoms with Crippen LogP contribution in [0.3, 0.4) is 0 Å². The molecular formula is C7H14N2O2. The molecule has 0 aromatic heterocycles. The second-order valence-corrected chi connectivity index (χ2v) is 2.17. The Bertz CT molecular complexity index is 116. The minimum Gasteiger partial charge on any atom is -0.395 e. The summed E-state index contributed by atoms with van der Waals surface area (Å²) in [6.45, 7) is 8.83. The Morgan fingerprint density at radius 3 is 2.00 bits per heavy atom. The molecule has 0 spiro atoms.